The van der Waals surface area contributed by atoms with Gasteiger partial charge in [0.25, 0.3) is 0 Å². The number of carboxylic acids is 1. The Labute approximate surface area is 130 Å². The molecule has 1 aliphatic heterocycles. The van der Waals surface area contributed by atoms with Gasteiger partial charge in [-0.15, -0.1) is 13.2 Å². The third-order valence-corrected chi connectivity index (χ3v) is 5.33. The lowest BCUT2D eigenvalue weighted by Gasteiger charge is -2.30. The van der Waals surface area contributed by atoms with Gasteiger partial charge in [-0.1, -0.05) is 12.1 Å². The number of hydrogen-bond donors (Lipinski definition) is 1. The van der Waals surface area contributed by atoms with E-state index in [0.29, 0.717) is 12.8 Å². The molecule has 1 heterocycles. The quantitative estimate of drug-likeness (QED) is 0.896. The Hall–Kier alpha value is -1.81. The number of nitrogens with zero attached hydrogens (tertiary/aromatic N) is 1. The van der Waals surface area contributed by atoms with Crippen LogP contribution < -0.4 is 4.74 Å². The first kappa shape index (κ1) is 17.5. The minimum atomic E-state index is -5.03. The van der Waals surface area contributed by atoms with E-state index in [0.717, 1.165) is 16.4 Å². The molecule has 2 rings (SSSR count). The van der Waals surface area contributed by atoms with Crippen molar-refractivity contribution < 1.29 is 36.2 Å². The van der Waals surface area contributed by atoms with Gasteiger partial charge in [0.2, 0.25) is 10.0 Å². The first-order valence-electron chi connectivity index (χ1n) is 6.69. The lowest BCUT2D eigenvalue weighted by Crippen LogP contribution is -2.42. The van der Waals surface area contributed by atoms with Crippen LogP contribution in [0.15, 0.2) is 29.2 Å². The van der Waals surface area contributed by atoms with Gasteiger partial charge in [0.05, 0.1) is 5.92 Å². The highest BCUT2D eigenvalue weighted by atomic mass is 32.2. The fourth-order valence-electron chi connectivity index (χ4n) is 2.37. The van der Waals surface area contributed by atoms with Crippen molar-refractivity contribution in [3.63, 3.8) is 0 Å². The van der Waals surface area contributed by atoms with Crippen LogP contribution in [0.4, 0.5) is 13.2 Å². The topological polar surface area (TPSA) is 83.9 Å². The molecule has 0 spiro atoms. The number of benzene rings is 1. The molecular formula is C13H14F3NO5S. The second kappa shape index (κ2) is 6.36. The summed E-state index contributed by atoms with van der Waals surface area (Å²) in [5, 5.41) is 9.00. The van der Waals surface area contributed by atoms with Crippen molar-refractivity contribution in [2.75, 3.05) is 13.1 Å². The van der Waals surface area contributed by atoms with E-state index in [-0.39, 0.29) is 13.1 Å². The monoisotopic (exact) mass is 353 g/mol. The number of piperidine rings is 1. The Balaban J connectivity index is 2.35. The Kier molecular flexibility index (Phi) is 4.85. The second-order valence-electron chi connectivity index (χ2n) is 5.03. The van der Waals surface area contributed by atoms with Gasteiger partial charge in [-0.25, -0.2) is 8.42 Å². The zero-order chi connectivity index (χ0) is 17.3. The van der Waals surface area contributed by atoms with Crippen LogP contribution in [0, 0.1) is 5.92 Å². The van der Waals surface area contributed by atoms with Crippen LogP contribution in [0.1, 0.15) is 12.8 Å². The molecule has 1 aromatic rings. The third kappa shape index (κ3) is 4.14. The molecule has 1 aromatic carbocycles. The molecule has 128 valence electrons. The summed E-state index contributed by atoms with van der Waals surface area (Å²) in [4.78, 5) is 10.4. The largest absolute Gasteiger partial charge is 0.573 e. The Morgan fingerprint density at radius 2 is 1.96 bits per heavy atom. The highest BCUT2D eigenvalue weighted by molar-refractivity contribution is 7.89. The van der Waals surface area contributed by atoms with E-state index in [9.17, 15) is 26.4 Å². The van der Waals surface area contributed by atoms with Crippen molar-refractivity contribution in [1.82, 2.24) is 4.31 Å². The summed E-state index contributed by atoms with van der Waals surface area (Å²) in [5.74, 6) is -2.85. The summed E-state index contributed by atoms with van der Waals surface area (Å²) < 4.78 is 67.0. The standard InChI is InChI=1S/C13H14F3NO5S/c14-13(15,16)22-10-5-1-2-6-11(10)23(20,21)17-7-3-4-9(8-17)12(18)19/h1-2,5-6,9H,3-4,7-8H2,(H,18,19). The van der Waals surface area contributed by atoms with Crippen LogP contribution in [0.3, 0.4) is 0 Å². The van der Waals surface area contributed by atoms with E-state index in [2.05, 4.69) is 4.74 Å². The Morgan fingerprint density at radius 3 is 2.57 bits per heavy atom. The number of sulfonamides is 1. The van der Waals surface area contributed by atoms with Gasteiger partial charge in [-0.2, -0.15) is 4.31 Å². The molecule has 0 radical (unpaired) electrons. The van der Waals surface area contributed by atoms with Crippen molar-refractivity contribution in [2.45, 2.75) is 24.1 Å². The summed E-state index contributed by atoms with van der Waals surface area (Å²) in [7, 11) is -4.29. The van der Waals surface area contributed by atoms with Crippen LogP contribution in [0.25, 0.3) is 0 Å². The molecule has 1 unspecified atom stereocenters. The normalized spacial score (nSPS) is 20.2. The van der Waals surface area contributed by atoms with Gasteiger partial charge in [0, 0.05) is 13.1 Å². The van der Waals surface area contributed by atoms with Gasteiger partial charge in [-0.05, 0) is 25.0 Å². The van der Waals surface area contributed by atoms with Gasteiger partial charge >= 0.3 is 12.3 Å². The molecular weight excluding hydrogens is 339 g/mol. The first-order valence-corrected chi connectivity index (χ1v) is 8.13. The molecule has 0 saturated carbocycles. The second-order valence-corrected chi connectivity index (χ2v) is 6.94. The maximum Gasteiger partial charge on any atom is 0.573 e. The number of aliphatic carboxylic acids is 1. The summed E-state index contributed by atoms with van der Waals surface area (Å²) in [6.45, 7) is -0.232. The number of ether oxygens (including phenoxy) is 1. The van der Waals surface area contributed by atoms with Crippen molar-refractivity contribution in [2.24, 2.45) is 5.92 Å². The molecule has 0 aromatic heterocycles. The summed E-state index contributed by atoms with van der Waals surface area (Å²) >= 11 is 0. The zero-order valence-corrected chi connectivity index (χ0v) is 12.6. The minimum Gasteiger partial charge on any atom is -0.481 e. The van der Waals surface area contributed by atoms with Crippen LogP contribution >= 0.6 is 0 Å². The Morgan fingerprint density at radius 1 is 1.30 bits per heavy atom. The van der Waals surface area contributed by atoms with Crippen LogP contribution in [0.2, 0.25) is 0 Å². The average Bonchev–Trinajstić information content (AvgIpc) is 2.46. The van der Waals surface area contributed by atoms with Crippen molar-refractivity contribution in [3.8, 4) is 5.75 Å². The number of alkyl halides is 3. The van der Waals surface area contributed by atoms with E-state index >= 15 is 0 Å². The predicted octanol–water partition coefficient (Wildman–Crippen LogP) is 2.07. The SMILES string of the molecule is O=C(O)C1CCCN(S(=O)(=O)c2ccccc2OC(F)(F)F)C1. The van der Waals surface area contributed by atoms with Crippen LogP contribution in [0.5, 0.6) is 5.75 Å². The van der Waals surface area contributed by atoms with Gasteiger partial charge in [0.15, 0.2) is 0 Å². The molecule has 0 bridgehead atoms. The average molecular weight is 353 g/mol. The zero-order valence-electron chi connectivity index (χ0n) is 11.8. The van der Waals surface area contributed by atoms with Gasteiger partial charge < -0.3 is 9.84 Å². The number of para-hydroxylation sites is 1. The summed E-state index contributed by atoms with van der Waals surface area (Å²) in [5.41, 5.74) is 0. The van der Waals surface area contributed by atoms with E-state index in [1.807, 2.05) is 0 Å². The molecule has 6 nitrogen and oxygen atoms in total. The molecule has 0 aliphatic carbocycles. The van der Waals surface area contributed by atoms with E-state index in [4.69, 9.17) is 5.11 Å². The van der Waals surface area contributed by atoms with Gasteiger partial charge in [0.1, 0.15) is 10.6 Å². The third-order valence-electron chi connectivity index (χ3n) is 3.43. The molecule has 1 saturated heterocycles. The van der Waals surface area contributed by atoms with Crippen molar-refractivity contribution in [1.29, 1.82) is 0 Å². The van der Waals surface area contributed by atoms with E-state index in [1.54, 1.807) is 0 Å². The van der Waals surface area contributed by atoms with Crippen LogP contribution in [-0.2, 0) is 14.8 Å². The lowest BCUT2D eigenvalue weighted by molar-refractivity contribution is -0.275. The van der Waals surface area contributed by atoms with Gasteiger partial charge in [-0.3, -0.25) is 4.79 Å². The molecule has 1 atom stereocenters. The predicted molar refractivity (Wildman–Crippen MR) is 72.2 cm³/mol. The number of carboxylic acid groups (broad SMARTS) is 1. The fourth-order valence-corrected chi connectivity index (χ4v) is 4.01. The van der Waals surface area contributed by atoms with Crippen molar-refractivity contribution >= 4 is 16.0 Å². The highest BCUT2D eigenvalue weighted by Crippen LogP contribution is 2.32. The number of halogens is 3. The minimum absolute atomic E-state index is 0.0481. The molecule has 1 fully saturated rings. The number of rotatable bonds is 4. The van der Waals surface area contributed by atoms with Crippen LogP contribution in [-0.4, -0.2) is 43.3 Å². The molecule has 23 heavy (non-hydrogen) atoms. The molecule has 10 heteroatoms. The number of hydrogen-bond acceptors (Lipinski definition) is 4. The molecule has 1 N–H and O–H groups in total. The molecule has 1 aliphatic rings. The summed E-state index contributed by atoms with van der Waals surface area (Å²) in [6.07, 6.45) is -4.39. The Bertz CT molecular complexity index is 689. The highest BCUT2D eigenvalue weighted by Gasteiger charge is 2.37. The maximum atomic E-state index is 12.5. The smallest absolute Gasteiger partial charge is 0.481 e. The van der Waals surface area contributed by atoms with E-state index in [1.165, 1.54) is 12.1 Å². The molecule has 0 amide bonds. The number of carbonyl (C=O) groups is 1. The van der Waals surface area contributed by atoms with Crippen molar-refractivity contribution in [3.05, 3.63) is 24.3 Å². The lowest BCUT2D eigenvalue weighted by atomic mass is 10.0. The van der Waals surface area contributed by atoms with E-state index < -0.39 is 38.9 Å². The first-order chi connectivity index (χ1) is 10.6. The summed E-state index contributed by atoms with van der Waals surface area (Å²) in [6, 6.07) is 4.39. The fraction of sp³-hybridized carbons (Fsp3) is 0.462. The maximum absolute atomic E-state index is 12.5.